The van der Waals surface area contributed by atoms with Crippen LogP contribution < -0.4 is 5.32 Å². The molecule has 0 aliphatic carbocycles. The first-order valence-corrected chi connectivity index (χ1v) is 7.89. The number of ether oxygens (including phenoxy) is 1. The molecule has 2 atom stereocenters. The van der Waals surface area contributed by atoms with Crippen molar-refractivity contribution in [2.45, 2.75) is 25.0 Å². The number of carbonyl (C=O) groups excluding carboxylic acids is 1. The van der Waals surface area contributed by atoms with Crippen LogP contribution in [0.5, 0.6) is 0 Å². The SMILES string of the molecule is O=C(/C=C/c1c(F)cccc1F)NCC1CN2CCCC2CO1. The molecule has 1 amide bonds. The Morgan fingerprint density at radius 2 is 2.17 bits per heavy atom. The first-order chi connectivity index (χ1) is 11.1. The fourth-order valence-corrected chi connectivity index (χ4v) is 3.11. The van der Waals surface area contributed by atoms with E-state index < -0.39 is 11.6 Å². The van der Waals surface area contributed by atoms with Gasteiger partial charge in [0.25, 0.3) is 0 Å². The molecule has 0 aromatic heterocycles. The number of hydrogen-bond acceptors (Lipinski definition) is 3. The monoisotopic (exact) mass is 322 g/mol. The van der Waals surface area contributed by atoms with E-state index in [9.17, 15) is 13.6 Å². The Morgan fingerprint density at radius 3 is 2.96 bits per heavy atom. The third kappa shape index (κ3) is 3.95. The van der Waals surface area contributed by atoms with Gasteiger partial charge in [-0.3, -0.25) is 9.69 Å². The smallest absolute Gasteiger partial charge is 0.244 e. The number of nitrogens with zero attached hydrogens (tertiary/aromatic N) is 1. The number of hydrogen-bond donors (Lipinski definition) is 1. The van der Waals surface area contributed by atoms with Crippen molar-refractivity contribution in [3.05, 3.63) is 41.5 Å². The molecule has 2 fully saturated rings. The number of morpholine rings is 1. The highest BCUT2D eigenvalue weighted by Crippen LogP contribution is 2.22. The maximum Gasteiger partial charge on any atom is 0.244 e. The molecule has 6 heteroatoms. The summed E-state index contributed by atoms with van der Waals surface area (Å²) in [6, 6.07) is 4.12. The lowest BCUT2D eigenvalue weighted by Gasteiger charge is -2.35. The van der Waals surface area contributed by atoms with Crippen LogP contribution in [0.25, 0.3) is 6.08 Å². The zero-order valence-electron chi connectivity index (χ0n) is 12.8. The first kappa shape index (κ1) is 16.1. The summed E-state index contributed by atoms with van der Waals surface area (Å²) in [5.74, 6) is -1.77. The Kier molecular flexibility index (Phi) is 5.03. The van der Waals surface area contributed by atoms with Gasteiger partial charge in [0.15, 0.2) is 0 Å². The minimum Gasteiger partial charge on any atom is -0.373 e. The van der Waals surface area contributed by atoms with Gasteiger partial charge in [-0.1, -0.05) is 6.07 Å². The molecule has 23 heavy (non-hydrogen) atoms. The van der Waals surface area contributed by atoms with Crippen molar-refractivity contribution in [2.75, 3.05) is 26.2 Å². The van der Waals surface area contributed by atoms with Crippen molar-refractivity contribution < 1.29 is 18.3 Å². The van der Waals surface area contributed by atoms with Crippen molar-refractivity contribution in [1.82, 2.24) is 10.2 Å². The Bertz CT molecular complexity index is 586. The maximum atomic E-state index is 13.5. The van der Waals surface area contributed by atoms with Gasteiger partial charge in [-0.05, 0) is 37.6 Å². The molecule has 1 aromatic rings. The summed E-state index contributed by atoms with van der Waals surface area (Å²) < 4.78 is 32.7. The normalized spacial score (nSPS) is 24.8. The van der Waals surface area contributed by atoms with Crippen LogP contribution in [0.3, 0.4) is 0 Å². The zero-order valence-corrected chi connectivity index (χ0v) is 12.8. The van der Waals surface area contributed by atoms with Crippen LogP contribution in [0.4, 0.5) is 8.78 Å². The molecule has 0 bridgehead atoms. The quantitative estimate of drug-likeness (QED) is 0.862. The zero-order chi connectivity index (χ0) is 16.2. The first-order valence-electron chi connectivity index (χ1n) is 7.89. The highest BCUT2D eigenvalue weighted by atomic mass is 19.1. The van der Waals surface area contributed by atoms with E-state index in [2.05, 4.69) is 10.2 Å². The molecule has 0 saturated carbocycles. The van der Waals surface area contributed by atoms with Crippen molar-refractivity contribution in [3.63, 3.8) is 0 Å². The van der Waals surface area contributed by atoms with Crippen molar-refractivity contribution >= 4 is 12.0 Å². The second-order valence-corrected chi connectivity index (χ2v) is 5.96. The average Bonchev–Trinajstić information content (AvgIpc) is 3.00. The lowest BCUT2D eigenvalue weighted by molar-refractivity contribution is -0.117. The summed E-state index contributed by atoms with van der Waals surface area (Å²) in [5, 5.41) is 2.72. The van der Waals surface area contributed by atoms with E-state index >= 15 is 0 Å². The summed E-state index contributed by atoms with van der Waals surface area (Å²) in [5.41, 5.74) is -0.212. The summed E-state index contributed by atoms with van der Waals surface area (Å²) in [4.78, 5) is 14.2. The van der Waals surface area contributed by atoms with Crippen molar-refractivity contribution in [2.24, 2.45) is 0 Å². The standard InChI is InChI=1S/C17H20F2N2O2/c18-15-4-1-5-16(19)14(15)6-7-17(22)20-9-13-10-21-8-2-3-12(21)11-23-13/h1,4-7,12-13H,2-3,8-11H2,(H,20,22)/b7-6+. The third-order valence-corrected chi connectivity index (χ3v) is 4.37. The molecule has 2 aliphatic rings. The predicted octanol–water partition coefficient (Wildman–Crippen LogP) is 1.96. The average molecular weight is 322 g/mol. The van der Waals surface area contributed by atoms with Gasteiger partial charge in [-0.2, -0.15) is 0 Å². The number of benzene rings is 1. The number of rotatable bonds is 4. The molecule has 124 valence electrons. The minimum absolute atomic E-state index is 0.0353. The molecule has 2 aliphatic heterocycles. The highest BCUT2D eigenvalue weighted by molar-refractivity contribution is 5.91. The molecular weight excluding hydrogens is 302 g/mol. The van der Waals surface area contributed by atoms with E-state index in [1.165, 1.54) is 18.9 Å². The number of amides is 1. The lowest BCUT2D eigenvalue weighted by Crippen LogP contribution is -2.49. The molecule has 2 heterocycles. The number of halogens is 2. The van der Waals surface area contributed by atoms with Gasteiger partial charge in [0.05, 0.1) is 12.7 Å². The third-order valence-electron chi connectivity index (χ3n) is 4.37. The Balaban J connectivity index is 1.49. The van der Waals surface area contributed by atoms with E-state index in [-0.39, 0.29) is 17.6 Å². The summed E-state index contributed by atoms with van der Waals surface area (Å²) in [7, 11) is 0. The molecule has 0 spiro atoms. The van der Waals surface area contributed by atoms with E-state index in [0.717, 1.165) is 37.4 Å². The second-order valence-electron chi connectivity index (χ2n) is 5.96. The van der Waals surface area contributed by atoms with Crippen LogP contribution in [-0.4, -0.2) is 49.2 Å². The van der Waals surface area contributed by atoms with Crippen LogP contribution in [-0.2, 0) is 9.53 Å². The summed E-state index contributed by atoms with van der Waals surface area (Å²) >= 11 is 0. The van der Waals surface area contributed by atoms with Crippen molar-refractivity contribution in [3.8, 4) is 0 Å². The van der Waals surface area contributed by atoms with Crippen LogP contribution >= 0.6 is 0 Å². The molecule has 1 aromatic carbocycles. The fraction of sp³-hybridized carbons (Fsp3) is 0.471. The lowest BCUT2D eigenvalue weighted by atomic mass is 10.1. The van der Waals surface area contributed by atoms with Gasteiger partial charge in [-0.15, -0.1) is 0 Å². The van der Waals surface area contributed by atoms with E-state index in [1.54, 1.807) is 0 Å². The van der Waals surface area contributed by atoms with Gasteiger partial charge in [0, 0.05) is 30.8 Å². The maximum absolute atomic E-state index is 13.5. The van der Waals surface area contributed by atoms with Gasteiger partial charge in [0.1, 0.15) is 11.6 Å². The highest BCUT2D eigenvalue weighted by Gasteiger charge is 2.32. The molecule has 4 nitrogen and oxygen atoms in total. The van der Waals surface area contributed by atoms with Gasteiger partial charge in [-0.25, -0.2) is 8.78 Å². The molecule has 2 unspecified atom stereocenters. The Labute approximate surface area is 134 Å². The number of fused-ring (bicyclic) bond motifs is 1. The van der Waals surface area contributed by atoms with Gasteiger partial charge in [0.2, 0.25) is 5.91 Å². The van der Waals surface area contributed by atoms with Crippen LogP contribution in [0.15, 0.2) is 24.3 Å². The van der Waals surface area contributed by atoms with E-state index in [4.69, 9.17) is 4.74 Å². The van der Waals surface area contributed by atoms with Crippen LogP contribution in [0.2, 0.25) is 0 Å². The molecule has 1 N–H and O–H groups in total. The van der Waals surface area contributed by atoms with E-state index in [1.807, 2.05) is 0 Å². The van der Waals surface area contributed by atoms with Crippen molar-refractivity contribution in [1.29, 1.82) is 0 Å². The molecule has 0 radical (unpaired) electrons. The van der Waals surface area contributed by atoms with Crippen LogP contribution in [0.1, 0.15) is 18.4 Å². The van der Waals surface area contributed by atoms with Gasteiger partial charge < -0.3 is 10.1 Å². The molecule has 2 saturated heterocycles. The Hall–Kier alpha value is -1.79. The molecule has 3 rings (SSSR count). The summed E-state index contributed by atoms with van der Waals surface area (Å²) in [6.07, 6.45) is 4.63. The minimum atomic E-state index is -0.690. The summed E-state index contributed by atoms with van der Waals surface area (Å²) in [6.45, 7) is 3.00. The largest absolute Gasteiger partial charge is 0.373 e. The number of carbonyl (C=O) groups is 1. The fourth-order valence-electron chi connectivity index (χ4n) is 3.11. The van der Waals surface area contributed by atoms with Gasteiger partial charge >= 0.3 is 0 Å². The predicted molar refractivity (Wildman–Crippen MR) is 82.7 cm³/mol. The number of nitrogens with one attached hydrogen (secondary N) is 1. The van der Waals surface area contributed by atoms with E-state index in [0.29, 0.717) is 19.2 Å². The molecular formula is C17H20F2N2O2. The topological polar surface area (TPSA) is 41.6 Å². The Morgan fingerprint density at radius 1 is 1.39 bits per heavy atom. The second kappa shape index (κ2) is 7.19. The van der Waals surface area contributed by atoms with Crippen LogP contribution in [0, 0.1) is 11.6 Å².